The number of rotatable bonds is 6. The van der Waals surface area contributed by atoms with E-state index in [-0.39, 0.29) is 29.5 Å². The van der Waals surface area contributed by atoms with Crippen LogP contribution in [0.1, 0.15) is 17.9 Å². The number of sulfonamides is 1. The molecule has 10 heteroatoms. The summed E-state index contributed by atoms with van der Waals surface area (Å²) in [6.45, 7) is 6.66. The van der Waals surface area contributed by atoms with Gasteiger partial charge in [0.25, 0.3) is 0 Å². The first-order chi connectivity index (χ1) is 10.8. The van der Waals surface area contributed by atoms with Crippen molar-refractivity contribution in [3.05, 3.63) is 11.5 Å². The van der Waals surface area contributed by atoms with Gasteiger partial charge in [0.15, 0.2) is 5.76 Å². The zero-order valence-electron chi connectivity index (χ0n) is 13.7. The number of carbonyl (C=O) groups excluding carboxylic acids is 1. The second kappa shape index (κ2) is 7.39. The lowest BCUT2D eigenvalue weighted by Crippen LogP contribution is -3.12. The maximum atomic E-state index is 12.2. The predicted molar refractivity (Wildman–Crippen MR) is 82.1 cm³/mol. The molecule has 0 atom stereocenters. The minimum Gasteiger partial charge on any atom is -0.360 e. The molecular weight excluding hydrogens is 322 g/mol. The van der Waals surface area contributed by atoms with Crippen LogP contribution in [-0.2, 0) is 14.8 Å². The van der Waals surface area contributed by atoms with Crippen LogP contribution in [0.5, 0.6) is 0 Å². The van der Waals surface area contributed by atoms with E-state index in [9.17, 15) is 13.2 Å². The summed E-state index contributed by atoms with van der Waals surface area (Å²) in [6.07, 6.45) is 0.0712. The molecule has 9 nitrogen and oxygen atoms in total. The zero-order chi connectivity index (χ0) is 17.0. The maximum Gasteiger partial charge on any atom is 0.245 e. The van der Waals surface area contributed by atoms with Crippen LogP contribution in [0.4, 0.5) is 0 Å². The van der Waals surface area contributed by atoms with Gasteiger partial charge in [-0.3, -0.25) is 10.2 Å². The molecule has 0 saturated carbocycles. The molecule has 1 aliphatic rings. The van der Waals surface area contributed by atoms with E-state index in [0.717, 1.165) is 26.2 Å². The average Bonchev–Trinajstić information content (AvgIpc) is 2.81. The van der Waals surface area contributed by atoms with Gasteiger partial charge >= 0.3 is 0 Å². The quantitative estimate of drug-likeness (QED) is 0.540. The predicted octanol–water partition coefficient (Wildman–Crippen LogP) is -2.18. The van der Waals surface area contributed by atoms with E-state index in [4.69, 9.17) is 4.52 Å². The Balaban J connectivity index is 1.79. The highest BCUT2D eigenvalue weighted by Crippen LogP contribution is 2.18. The maximum absolute atomic E-state index is 12.2. The first-order valence-electron chi connectivity index (χ1n) is 7.58. The van der Waals surface area contributed by atoms with Crippen molar-refractivity contribution in [2.24, 2.45) is 0 Å². The van der Waals surface area contributed by atoms with Gasteiger partial charge in [-0.05, 0) is 13.8 Å². The van der Waals surface area contributed by atoms with Crippen LogP contribution >= 0.6 is 0 Å². The second-order valence-corrected chi connectivity index (χ2v) is 7.48. The number of hydrogen-bond donors (Lipinski definition) is 3. The third-order valence-electron chi connectivity index (χ3n) is 3.78. The number of hydrazine groups is 1. The van der Waals surface area contributed by atoms with Crippen LogP contribution < -0.4 is 15.0 Å². The molecule has 1 aromatic rings. The molecule has 0 radical (unpaired) electrons. The fraction of sp³-hybridized carbons (Fsp3) is 0.692. The third-order valence-corrected chi connectivity index (χ3v) is 5.49. The molecule has 1 saturated heterocycles. The minimum absolute atomic E-state index is 0.0250. The van der Waals surface area contributed by atoms with E-state index in [1.807, 2.05) is 5.01 Å². The Morgan fingerprint density at radius 2 is 2.00 bits per heavy atom. The number of nitrogens with one attached hydrogen (secondary N) is 3. The van der Waals surface area contributed by atoms with Gasteiger partial charge in [0.05, 0.1) is 33.2 Å². The number of aryl methyl sites for hydroxylation is 2. The topological polar surface area (TPSA) is 109 Å². The highest BCUT2D eigenvalue weighted by Gasteiger charge is 2.24. The molecule has 1 amide bonds. The summed E-state index contributed by atoms with van der Waals surface area (Å²) in [7, 11) is -1.60. The average molecular weight is 346 g/mol. The number of aromatic nitrogens is 1. The number of nitrogens with zero attached hydrogens (tertiary/aromatic N) is 2. The summed E-state index contributed by atoms with van der Waals surface area (Å²) >= 11 is 0. The Hall–Kier alpha value is -1.49. The smallest absolute Gasteiger partial charge is 0.245 e. The lowest BCUT2D eigenvalue weighted by molar-refractivity contribution is -0.884. The van der Waals surface area contributed by atoms with E-state index in [1.54, 1.807) is 6.92 Å². The Bertz CT molecular complexity index is 630. The summed E-state index contributed by atoms with van der Waals surface area (Å²) in [5.41, 5.74) is 3.10. The molecule has 1 aromatic heterocycles. The molecule has 2 heterocycles. The van der Waals surface area contributed by atoms with Crippen molar-refractivity contribution < 1.29 is 22.6 Å². The molecule has 0 aliphatic carbocycles. The number of carbonyl (C=O) groups is 1. The monoisotopic (exact) mass is 346 g/mol. The fourth-order valence-corrected chi connectivity index (χ4v) is 3.82. The van der Waals surface area contributed by atoms with E-state index in [2.05, 4.69) is 22.4 Å². The standard InChI is InChI=1S/C13H23N5O4S/c1-10-13(11(2)22-16-10)23(20,21)14-5-4-12(19)15-18-8-6-17(3)7-9-18/h14H,4-9H2,1-3H3,(H,15,19)/p+1. The Morgan fingerprint density at radius 3 is 2.57 bits per heavy atom. The molecule has 0 bridgehead atoms. The zero-order valence-corrected chi connectivity index (χ0v) is 14.5. The van der Waals surface area contributed by atoms with E-state index in [0.29, 0.717) is 5.69 Å². The van der Waals surface area contributed by atoms with Gasteiger partial charge in [-0.1, -0.05) is 5.16 Å². The Labute approximate surface area is 136 Å². The largest absolute Gasteiger partial charge is 0.360 e. The van der Waals surface area contributed by atoms with Gasteiger partial charge in [0, 0.05) is 13.0 Å². The molecule has 130 valence electrons. The van der Waals surface area contributed by atoms with Gasteiger partial charge in [-0.25, -0.2) is 18.1 Å². The first kappa shape index (κ1) is 17.9. The summed E-state index contributed by atoms with van der Waals surface area (Å²) in [5, 5.41) is 5.50. The van der Waals surface area contributed by atoms with Gasteiger partial charge in [0.1, 0.15) is 10.6 Å². The fourth-order valence-electron chi connectivity index (χ4n) is 2.46. The van der Waals surface area contributed by atoms with E-state index >= 15 is 0 Å². The highest BCUT2D eigenvalue weighted by molar-refractivity contribution is 7.89. The van der Waals surface area contributed by atoms with Gasteiger partial charge in [0.2, 0.25) is 15.9 Å². The first-order valence-corrected chi connectivity index (χ1v) is 9.06. The van der Waals surface area contributed by atoms with Crippen LogP contribution in [0.2, 0.25) is 0 Å². The van der Waals surface area contributed by atoms with Gasteiger partial charge in [-0.15, -0.1) is 0 Å². The lowest BCUT2D eigenvalue weighted by atomic mass is 10.4. The van der Waals surface area contributed by atoms with Crippen LogP contribution in [0.3, 0.4) is 0 Å². The normalized spacial score (nSPS) is 17.3. The van der Waals surface area contributed by atoms with Gasteiger partial charge in [-0.2, -0.15) is 0 Å². The van der Waals surface area contributed by atoms with Crippen molar-refractivity contribution in [2.45, 2.75) is 25.2 Å². The van der Waals surface area contributed by atoms with Crippen LogP contribution in [-0.4, -0.2) is 64.3 Å². The number of piperazine rings is 1. The molecule has 2 rings (SSSR count). The second-order valence-electron chi connectivity index (χ2n) is 5.78. The summed E-state index contributed by atoms with van der Waals surface area (Å²) in [6, 6.07) is 0. The molecule has 23 heavy (non-hydrogen) atoms. The molecule has 1 fully saturated rings. The van der Waals surface area contributed by atoms with Crippen LogP contribution in [0, 0.1) is 13.8 Å². The van der Waals surface area contributed by atoms with Crippen molar-refractivity contribution in [3.8, 4) is 0 Å². The summed E-state index contributed by atoms with van der Waals surface area (Å²) < 4.78 is 31.6. The van der Waals surface area contributed by atoms with E-state index in [1.165, 1.54) is 11.8 Å². The van der Waals surface area contributed by atoms with E-state index < -0.39 is 10.0 Å². The summed E-state index contributed by atoms with van der Waals surface area (Å²) in [5.74, 6) is 0.0328. The van der Waals surface area contributed by atoms with Crippen molar-refractivity contribution in [1.82, 2.24) is 20.3 Å². The Kier molecular flexibility index (Phi) is 5.74. The minimum atomic E-state index is -3.72. The number of amides is 1. The SMILES string of the molecule is Cc1noc(C)c1S(=O)(=O)NCCC(=O)NN1CC[NH+](C)CC1. The molecule has 0 aromatic carbocycles. The number of hydrogen-bond acceptors (Lipinski definition) is 6. The van der Waals surface area contributed by atoms with Crippen LogP contribution in [0.15, 0.2) is 9.42 Å². The summed E-state index contributed by atoms with van der Waals surface area (Å²) in [4.78, 5) is 13.3. The number of likely N-dealkylation sites (N-methyl/N-ethyl adjacent to an activating group) is 1. The lowest BCUT2D eigenvalue weighted by Gasteiger charge is -2.30. The molecule has 0 spiro atoms. The molecular formula is C13H24N5O4S+. The molecule has 3 N–H and O–H groups in total. The van der Waals surface area contributed by atoms with Crippen molar-refractivity contribution in [1.29, 1.82) is 0 Å². The van der Waals surface area contributed by atoms with Crippen molar-refractivity contribution in [3.63, 3.8) is 0 Å². The molecule has 1 aliphatic heterocycles. The van der Waals surface area contributed by atoms with Gasteiger partial charge < -0.3 is 9.42 Å². The van der Waals surface area contributed by atoms with Crippen molar-refractivity contribution in [2.75, 3.05) is 39.8 Å². The molecule has 0 unspecified atom stereocenters. The van der Waals surface area contributed by atoms with Crippen molar-refractivity contribution >= 4 is 15.9 Å². The van der Waals surface area contributed by atoms with Crippen LogP contribution in [0.25, 0.3) is 0 Å². The third kappa shape index (κ3) is 4.74. The number of quaternary nitrogens is 1. The Morgan fingerprint density at radius 1 is 1.35 bits per heavy atom. The highest BCUT2D eigenvalue weighted by atomic mass is 32.2.